The van der Waals surface area contributed by atoms with Crippen molar-refractivity contribution in [3.05, 3.63) is 28.2 Å². The van der Waals surface area contributed by atoms with E-state index in [0.717, 1.165) is 35.0 Å². The van der Waals surface area contributed by atoms with Gasteiger partial charge in [0.2, 0.25) is 0 Å². The summed E-state index contributed by atoms with van der Waals surface area (Å²) in [6.07, 6.45) is 4.09. The van der Waals surface area contributed by atoms with E-state index in [-0.39, 0.29) is 18.2 Å². The van der Waals surface area contributed by atoms with Gasteiger partial charge in [0.1, 0.15) is 0 Å². The molecule has 3 N–H and O–H groups in total. The first-order valence-electron chi connectivity index (χ1n) is 6.96. The summed E-state index contributed by atoms with van der Waals surface area (Å²) in [6.45, 7) is 1.98. The maximum Gasteiger partial charge on any atom is 0.0743 e. The second-order valence-corrected chi connectivity index (χ2v) is 6.38. The van der Waals surface area contributed by atoms with Crippen LogP contribution in [0.3, 0.4) is 0 Å². The van der Waals surface area contributed by atoms with Gasteiger partial charge in [0.15, 0.2) is 0 Å². The van der Waals surface area contributed by atoms with Gasteiger partial charge in [0.05, 0.1) is 12.1 Å². The van der Waals surface area contributed by atoms with Gasteiger partial charge in [0.25, 0.3) is 0 Å². The average Bonchev–Trinajstić information content (AvgIpc) is 2.38. The predicted molar refractivity (Wildman–Crippen MR) is 83.4 cm³/mol. The van der Waals surface area contributed by atoms with Crippen LogP contribution in [0.1, 0.15) is 44.2 Å². The summed E-state index contributed by atoms with van der Waals surface area (Å²) in [7, 11) is 2.06. The van der Waals surface area contributed by atoms with Crippen LogP contribution in [0.25, 0.3) is 0 Å². The third-order valence-electron chi connectivity index (χ3n) is 4.07. The Morgan fingerprint density at radius 1 is 1.37 bits per heavy atom. The van der Waals surface area contributed by atoms with E-state index in [4.69, 9.17) is 5.73 Å². The molecule has 106 valence electrons. The molecule has 0 bridgehead atoms. The van der Waals surface area contributed by atoms with Crippen LogP contribution in [-0.2, 0) is 0 Å². The fraction of sp³-hybridized carbons (Fsp3) is 0.600. The zero-order chi connectivity index (χ0) is 14.0. The van der Waals surface area contributed by atoms with Crippen molar-refractivity contribution in [1.82, 2.24) is 0 Å². The Balaban J connectivity index is 2.19. The van der Waals surface area contributed by atoms with Crippen LogP contribution in [0.5, 0.6) is 0 Å². The van der Waals surface area contributed by atoms with Crippen molar-refractivity contribution in [3.63, 3.8) is 0 Å². The molecule has 2 rings (SSSR count). The minimum atomic E-state index is -0.217. The highest BCUT2D eigenvalue weighted by atomic mass is 79.9. The van der Waals surface area contributed by atoms with E-state index in [1.165, 1.54) is 6.42 Å². The standard InChI is InChI=1S/C15H23BrN2O/c1-10(17)12-8-7-11(9-13(12)16)18(2)14-5-3-4-6-15(14)19/h7-10,14-15,19H,3-6,17H2,1-2H3. The van der Waals surface area contributed by atoms with Crippen LogP contribution in [-0.4, -0.2) is 24.3 Å². The maximum atomic E-state index is 10.1. The molecule has 0 amide bonds. The van der Waals surface area contributed by atoms with Crippen LogP contribution in [0.2, 0.25) is 0 Å². The first-order chi connectivity index (χ1) is 9.00. The zero-order valence-electron chi connectivity index (χ0n) is 11.6. The molecule has 1 aliphatic rings. The molecule has 3 atom stereocenters. The Labute approximate surface area is 123 Å². The Bertz CT molecular complexity index is 436. The quantitative estimate of drug-likeness (QED) is 0.896. The maximum absolute atomic E-state index is 10.1. The Kier molecular flexibility index (Phi) is 4.87. The van der Waals surface area contributed by atoms with E-state index >= 15 is 0 Å². The van der Waals surface area contributed by atoms with Gasteiger partial charge in [-0.1, -0.05) is 34.8 Å². The summed E-state index contributed by atoms with van der Waals surface area (Å²) in [5.74, 6) is 0. The largest absolute Gasteiger partial charge is 0.391 e. The smallest absolute Gasteiger partial charge is 0.0743 e. The number of hydrogen-bond donors (Lipinski definition) is 2. The van der Waals surface area contributed by atoms with Crippen molar-refractivity contribution in [3.8, 4) is 0 Å². The topological polar surface area (TPSA) is 49.5 Å². The summed E-state index contributed by atoms with van der Waals surface area (Å²) >= 11 is 3.59. The Morgan fingerprint density at radius 2 is 2.05 bits per heavy atom. The molecule has 4 heteroatoms. The minimum absolute atomic E-state index is 0.0222. The van der Waals surface area contributed by atoms with Crippen LogP contribution < -0.4 is 10.6 Å². The van der Waals surface area contributed by atoms with Crippen molar-refractivity contribution < 1.29 is 5.11 Å². The van der Waals surface area contributed by atoms with E-state index in [9.17, 15) is 5.11 Å². The van der Waals surface area contributed by atoms with Crippen molar-refractivity contribution in [2.45, 2.75) is 50.8 Å². The van der Waals surface area contributed by atoms with E-state index in [0.29, 0.717) is 0 Å². The number of nitrogens with zero attached hydrogens (tertiary/aromatic N) is 1. The SMILES string of the molecule is CC(N)c1ccc(N(C)C2CCCCC2O)cc1Br. The number of halogens is 1. The molecule has 1 saturated carbocycles. The highest BCUT2D eigenvalue weighted by molar-refractivity contribution is 9.10. The molecule has 19 heavy (non-hydrogen) atoms. The highest BCUT2D eigenvalue weighted by Gasteiger charge is 2.27. The van der Waals surface area contributed by atoms with E-state index < -0.39 is 0 Å². The molecule has 1 aromatic rings. The number of hydrogen-bond acceptors (Lipinski definition) is 3. The molecule has 3 unspecified atom stereocenters. The van der Waals surface area contributed by atoms with E-state index in [1.807, 2.05) is 6.92 Å². The summed E-state index contributed by atoms with van der Waals surface area (Å²) in [5, 5.41) is 10.1. The number of benzene rings is 1. The zero-order valence-corrected chi connectivity index (χ0v) is 13.2. The van der Waals surface area contributed by atoms with E-state index in [2.05, 4.69) is 46.1 Å². The third kappa shape index (κ3) is 3.30. The molecular formula is C15H23BrN2O. The summed E-state index contributed by atoms with van der Waals surface area (Å²) < 4.78 is 1.04. The van der Waals surface area contributed by atoms with Gasteiger partial charge in [-0.05, 0) is 37.5 Å². The van der Waals surface area contributed by atoms with Crippen LogP contribution >= 0.6 is 15.9 Å². The van der Waals surface area contributed by atoms with Crippen molar-refractivity contribution in [1.29, 1.82) is 0 Å². The first kappa shape index (κ1) is 14.8. The van der Waals surface area contributed by atoms with Gasteiger partial charge in [-0.2, -0.15) is 0 Å². The number of rotatable bonds is 3. The second-order valence-electron chi connectivity index (χ2n) is 5.52. The molecule has 1 aromatic carbocycles. The lowest BCUT2D eigenvalue weighted by Crippen LogP contribution is -2.43. The van der Waals surface area contributed by atoms with Crippen molar-refractivity contribution in [2.24, 2.45) is 5.73 Å². The average molecular weight is 327 g/mol. The molecule has 0 saturated heterocycles. The van der Waals surface area contributed by atoms with Crippen molar-refractivity contribution >= 4 is 21.6 Å². The lowest BCUT2D eigenvalue weighted by atomic mass is 9.91. The minimum Gasteiger partial charge on any atom is -0.391 e. The van der Waals surface area contributed by atoms with Gasteiger partial charge < -0.3 is 15.7 Å². The fourth-order valence-electron chi connectivity index (χ4n) is 2.84. The molecule has 0 aromatic heterocycles. The number of aliphatic hydroxyl groups is 1. The third-order valence-corrected chi connectivity index (χ3v) is 4.76. The summed E-state index contributed by atoms with van der Waals surface area (Å²) in [6, 6.07) is 6.50. The first-order valence-corrected chi connectivity index (χ1v) is 7.76. The normalized spacial score (nSPS) is 25.1. The van der Waals surface area contributed by atoms with Gasteiger partial charge in [-0.25, -0.2) is 0 Å². The number of anilines is 1. The molecule has 0 spiro atoms. The van der Waals surface area contributed by atoms with Crippen LogP contribution in [0, 0.1) is 0 Å². The number of likely N-dealkylation sites (N-methyl/N-ethyl adjacent to an activating group) is 1. The van der Waals surface area contributed by atoms with Gasteiger partial charge in [-0.3, -0.25) is 0 Å². The molecule has 1 fully saturated rings. The summed E-state index contributed by atoms with van der Waals surface area (Å²) in [4.78, 5) is 2.19. The molecular weight excluding hydrogens is 304 g/mol. The second kappa shape index (κ2) is 6.25. The van der Waals surface area contributed by atoms with Crippen molar-refractivity contribution in [2.75, 3.05) is 11.9 Å². The van der Waals surface area contributed by atoms with Gasteiger partial charge in [-0.15, -0.1) is 0 Å². The lowest BCUT2D eigenvalue weighted by Gasteiger charge is -2.36. The predicted octanol–water partition coefficient (Wildman–Crippen LogP) is 3.21. The van der Waals surface area contributed by atoms with Crippen LogP contribution in [0.4, 0.5) is 5.69 Å². The fourth-order valence-corrected chi connectivity index (χ4v) is 3.57. The van der Waals surface area contributed by atoms with Crippen LogP contribution in [0.15, 0.2) is 22.7 Å². The number of nitrogens with two attached hydrogens (primary N) is 1. The van der Waals surface area contributed by atoms with Gasteiger partial charge >= 0.3 is 0 Å². The molecule has 0 aliphatic heterocycles. The molecule has 0 heterocycles. The molecule has 0 radical (unpaired) electrons. The molecule has 3 nitrogen and oxygen atoms in total. The number of aliphatic hydroxyl groups excluding tert-OH is 1. The van der Waals surface area contributed by atoms with Gasteiger partial charge in [0, 0.05) is 23.2 Å². The monoisotopic (exact) mass is 326 g/mol. The van der Waals surface area contributed by atoms with E-state index in [1.54, 1.807) is 0 Å². The Morgan fingerprint density at radius 3 is 2.63 bits per heavy atom. The lowest BCUT2D eigenvalue weighted by molar-refractivity contribution is 0.106. The molecule has 1 aliphatic carbocycles. The summed E-state index contributed by atoms with van der Waals surface area (Å²) in [5.41, 5.74) is 8.16. The Hall–Kier alpha value is -0.580. The highest BCUT2D eigenvalue weighted by Crippen LogP contribution is 2.31.